The zero-order valence-electron chi connectivity index (χ0n) is 30.6. The van der Waals surface area contributed by atoms with Crippen LogP contribution in [0.2, 0.25) is 0 Å². The fraction of sp³-hybridized carbons (Fsp3) is 0.356. The van der Waals surface area contributed by atoms with Crippen molar-refractivity contribution in [3.63, 3.8) is 0 Å². The third-order valence-corrected chi connectivity index (χ3v) is 19.8. The van der Waals surface area contributed by atoms with E-state index in [1.54, 1.807) is 15.3 Å². The van der Waals surface area contributed by atoms with E-state index in [0.29, 0.717) is 0 Å². The standard InChI is InChI=1S/C21H25.C19H22.C5H5.2ClH.Zr/c1-20(2,3)16-9-7-14-11-15-8-10-17(21(4,5)6)13-19(15)18(14)12-16;1-18(2,16-11-7-5-8-12-16)15-19(3,4)17-13-9-6-10-14-17;1-2-4-5-3-1;;;/h7,9-10,12-13H,11H2,1-6H3;5-14H,1-4H3;1-3H,4H2;2*1H;/q;;;;;+2/p-2. The largest absolute Gasteiger partial charge is 1.00 e. The maximum absolute atomic E-state index is 2.84. The molecule has 0 atom stereocenters. The summed E-state index contributed by atoms with van der Waals surface area (Å²) in [5.41, 5.74) is 11.7. The number of fused-ring (bicyclic) bond motifs is 3. The normalized spacial score (nSPS) is 13.8. The van der Waals surface area contributed by atoms with Crippen LogP contribution in [0.3, 0.4) is 0 Å². The maximum atomic E-state index is 2.69. The summed E-state index contributed by atoms with van der Waals surface area (Å²) in [5.74, 6) is 0. The van der Waals surface area contributed by atoms with Gasteiger partial charge in [0, 0.05) is 0 Å². The first-order chi connectivity index (χ1) is 21.6. The number of halogens is 2. The van der Waals surface area contributed by atoms with Crippen LogP contribution in [0.4, 0.5) is 0 Å². The Morgan fingerprint density at radius 1 is 0.562 bits per heavy atom. The van der Waals surface area contributed by atoms with Gasteiger partial charge in [-0.15, -0.1) is 0 Å². The zero-order valence-corrected chi connectivity index (χ0v) is 34.5. The first-order valence-corrected chi connectivity index (χ1v) is 20.8. The zero-order chi connectivity index (χ0) is 33.1. The van der Waals surface area contributed by atoms with E-state index in [9.17, 15) is 0 Å². The molecule has 2 aliphatic carbocycles. The minimum absolute atomic E-state index is 0. The van der Waals surface area contributed by atoms with Crippen LogP contribution in [-0.4, -0.2) is 3.21 Å². The molecular weight excluding hydrogens is 703 g/mol. The molecule has 0 spiro atoms. The van der Waals surface area contributed by atoms with Gasteiger partial charge in [0.15, 0.2) is 0 Å². The Balaban J connectivity index is 0.00000260. The van der Waals surface area contributed by atoms with E-state index in [0.717, 1.165) is 12.8 Å². The van der Waals surface area contributed by atoms with Crippen molar-refractivity contribution >= 4 is 6.48 Å². The van der Waals surface area contributed by atoms with E-state index in [1.807, 2.05) is 0 Å². The molecule has 4 aromatic rings. The monoisotopic (exact) mass is 752 g/mol. The molecule has 0 bridgehead atoms. The van der Waals surface area contributed by atoms with Gasteiger partial charge in [0.05, 0.1) is 0 Å². The van der Waals surface area contributed by atoms with Crippen molar-refractivity contribution in [3.8, 4) is 11.1 Å². The first-order valence-electron chi connectivity index (χ1n) is 17.1. The second-order valence-electron chi connectivity index (χ2n) is 16.7. The average molecular weight is 755 g/mol. The molecule has 0 heterocycles. The predicted molar refractivity (Wildman–Crippen MR) is 198 cm³/mol. The second kappa shape index (κ2) is 14.1. The van der Waals surface area contributed by atoms with Crippen LogP contribution in [0.5, 0.6) is 0 Å². The molecule has 0 unspecified atom stereocenters. The van der Waals surface area contributed by atoms with Gasteiger partial charge in [-0.1, -0.05) is 0 Å². The summed E-state index contributed by atoms with van der Waals surface area (Å²) < 4.78 is 5.15. The van der Waals surface area contributed by atoms with Crippen LogP contribution in [0.1, 0.15) is 109 Å². The quantitative estimate of drug-likeness (QED) is 0.227. The molecule has 0 nitrogen and oxygen atoms in total. The van der Waals surface area contributed by atoms with E-state index >= 15 is 0 Å². The van der Waals surface area contributed by atoms with Crippen LogP contribution in [0.25, 0.3) is 11.1 Å². The van der Waals surface area contributed by atoms with Gasteiger partial charge in [-0.3, -0.25) is 0 Å². The molecule has 0 amide bonds. The van der Waals surface area contributed by atoms with E-state index in [4.69, 9.17) is 0 Å². The van der Waals surface area contributed by atoms with Crippen molar-refractivity contribution in [1.82, 2.24) is 0 Å². The van der Waals surface area contributed by atoms with Gasteiger partial charge in [-0.25, -0.2) is 0 Å². The number of benzene rings is 4. The number of hydrogen-bond donors (Lipinski definition) is 0. The molecule has 0 radical (unpaired) electrons. The molecule has 0 fully saturated rings. The Hall–Kier alpha value is -2.31. The molecule has 0 N–H and O–H groups in total. The third-order valence-electron chi connectivity index (χ3n) is 10.6. The Bertz CT molecular complexity index is 1820. The number of hydrogen-bond acceptors (Lipinski definition) is 0. The molecule has 0 saturated heterocycles. The van der Waals surface area contributed by atoms with E-state index in [2.05, 4.69) is 178 Å². The summed E-state index contributed by atoms with van der Waals surface area (Å²) in [5, 5.41) is 0. The first kappa shape index (κ1) is 38.5. The van der Waals surface area contributed by atoms with Gasteiger partial charge in [0.2, 0.25) is 0 Å². The van der Waals surface area contributed by atoms with Gasteiger partial charge in [0.25, 0.3) is 0 Å². The molecule has 2 aliphatic rings. The molecule has 4 aromatic carbocycles. The summed E-state index contributed by atoms with van der Waals surface area (Å²) in [6, 6.07) is 35.3. The van der Waals surface area contributed by atoms with Crippen LogP contribution in [-0.2, 0) is 49.3 Å². The summed E-state index contributed by atoms with van der Waals surface area (Å²) in [7, 11) is 0. The molecule has 0 aromatic heterocycles. The van der Waals surface area contributed by atoms with E-state index in [1.165, 1.54) is 38.9 Å². The van der Waals surface area contributed by atoms with Gasteiger partial charge >= 0.3 is 288 Å². The molecule has 48 heavy (non-hydrogen) atoms. The SMILES string of the molecule is CC(C)(C)c1ccc2c(c1)-c1cc(C(C)(C)C)c[c]([Zr+2]([C]3=CC=CC3)=[C](C(C)(C)c3ccccc3)C(C)(C)c3ccccc3)c1C2.[Cl-].[Cl-]. The minimum atomic E-state index is -2.84. The summed E-state index contributed by atoms with van der Waals surface area (Å²) >= 11 is -2.84. The molecule has 250 valence electrons. The fourth-order valence-electron chi connectivity index (χ4n) is 7.90. The topological polar surface area (TPSA) is 0 Å². The molecule has 6 rings (SSSR count). The second-order valence-corrected chi connectivity index (χ2v) is 22.6. The molecular formula is C45H52Cl2Zr. The van der Waals surface area contributed by atoms with E-state index in [-0.39, 0.29) is 46.5 Å². The van der Waals surface area contributed by atoms with Crippen LogP contribution in [0.15, 0.2) is 113 Å². The molecule has 0 aliphatic heterocycles. The van der Waals surface area contributed by atoms with Crippen molar-refractivity contribution in [2.75, 3.05) is 0 Å². The number of allylic oxidation sites excluding steroid dienone is 4. The Morgan fingerprint density at radius 2 is 1.08 bits per heavy atom. The smallest absolute Gasteiger partial charge is 1.00 e. The molecule has 3 heteroatoms. The summed E-state index contributed by atoms with van der Waals surface area (Å²) in [4.78, 5) is 0. The van der Waals surface area contributed by atoms with Gasteiger partial charge in [0.1, 0.15) is 0 Å². The minimum Gasteiger partial charge on any atom is -1.00 e. The van der Waals surface area contributed by atoms with Gasteiger partial charge in [-0.05, 0) is 0 Å². The van der Waals surface area contributed by atoms with Crippen molar-refractivity contribution in [2.24, 2.45) is 0 Å². The van der Waals surface area contributed by atoms with Crippen molar-refractivity contribution in [2.45, 2.75) is 104 Å². The molecule has 0 saturated carbocycles. The van der Waals surface area contributed by atoms with Crippen molar-refractivity contribution in [1.29, 1.82) is 0 Å². The number of rotatable bonds is 6. The van der Waals surface area contributed by atoms with E-state index < -0.39 is 21.3 Å². The average Bonchev–Trinajstić information content (AvgIpc) is 3.67. The fourth-order valence-corrected chi connectivity index (χ4v) is 17.5. The Morgan fingerprint density at radius 3 is 1.56 bits per heavy atom. The van der Waals surface area contributed by atoms with Gasteiger partial charge in [-0.2, -0.15) is 0 Å². The van der Waals surface area contributed by atoms with Crippen LogP contribution >= 0.6 is 0 Å². The van der Waals surface area contributed by atoms with Crippen LogP contribution < -0.4 is 28.1 Å². The van der Waals surface area contributed by atoms with Gasteiger partial charge < -0.3 is 24.8 Å². The van der Waals surface area contributed by atoms with Crippen LogP contribution in [0, 0.1) is 0 Å². The van der Waals surface area contributed by atoms with Crippen molar-refractivity contribution < 1.29 is 46.1 Å². The Kier molecular flexibility index (Phi) is 11.3. The van der Waals surface area contributed by atoms with Crippen molar-refractivity contribution in [3.05, 3.63) is 146 Å². The predicted octanol–water partition coefficient (Wildman–Crippen LogP) is 5.08. The summed E-state index contributed by atoms with van der Waals surface area (Å²) in [6.45, 7) is 24.3. The third kappa shape index (κ3) is 7.13. The Labute approximate surface area is 311 Å². The summed E-state index contributed by atoms with van der Waals surface area (Å²) in [6.07, 6.45) is 9.34. The maximum Gasteiger partial charge on any atom is -1.00 e.